The monoisotopic (exact) mass is 220 g/mol. The number of halogens is 1. The lowest BCUT2D eigenvalue weighted by atomic mass is 9.97. The van der Waals surface area contributed by atoms with Crippen LogP contribution in [0.1, 0.15) is 22.9 Å². The molecule has 2 rings (SSSR count). The summed E-state index contributed by atoms with van der Waals surface area (Å²) in [7, 11) is 0. The van der Waals surface area contributed by atoms with Crippen LogP contribution in [0.25, 0.3) is 0 Å². The number of H-pyrrole nitrogens is 1. The molecule has 16 heavy (non-hydrogen) atoms. The van der Waals surface area contributed by atoms with Crippen LogP contribution in [0, 0.1) is 12.7 Å². The van der Waals surface area contributed by atoms with Crippen molar-refractivity contribution in [2.75, 3.05) is 6.61 Å². The maximum Gasteiger partial charge on any atom is 0.123 e. The summed E-state index contributed by atoms with van der Waals surface area (Å²) in [5, 5.41) is 9.35. The van der Waals surface area contributed by atoms with Crippen molar-refractivity contribution in [1.82, 2.24) is 9.97 Å². The number of aliphatic hydroxyl groups excluding tert-OH is 1. The lowest BCUT2D eigenvalue weighted by Gasteiger charge is -2.12. The van der Waals surface area contributed by atoms with E-state index in [4.69, 9.17) is 0 Å². The average molecular weight is 220 g/mol. The second-order valence-corrected chi connectivity index (χ2v) is 3.77. The Labute approximate surface area is 93.0 Å². The van der Waals surface area contributed by atoms with E-state index < -0.39 is 0 Å². The second-order valence-electron chi connectivity index (χ2n) is 3.77. The number of benzene rings is 1. The highest BCUT2D eigenvalue weighted by Gasteiger charge is 2.16. The Morgan fingerprint density at radius 1 is 1.44 bits per heavy atom. The maximum absolute atomic E-state index is 13.3. The Morgan fingerprint density at radius 3 is 2.81 bits per heavy atom. The maximum atomic E-state index is 13.3. The molecule has 0 radical (unpaired) electrons. The number of nitrogens with one attached hydrogen (secondary N) is 1. The van der Waals surface area contributed by atoms with Crippen LogP contribution in [0.2, 0.25) is 0 Å². The lowest BCUT2D eigenvalue weighted by Crippen LogP contribution is -2.08. The van der Waals surface area contributed by atoms with E-state index in [9.17, 15) is 9.50 Å². The number of aromatic amines is 1. The predicted octanol–water partition coefficient (Wildman–Crippen LogP) is 1.98. The van der Waals surface area contributed by atoms with E-state index in [0.29, 0.717) is 5.82 Å². The Kier molecular flexibility index (Phi) is 3.01. The minimum absolute atomic E-state index is 0.101. The number of aliphatic hydroxyl groups is 1. The van der Waals surface area contributed by atoms with Crippen molar-refractivity contribution < 1.29 is 9.50 Å². The van der Waals surface area contributed by atoms with Gasteiger partial charge in [0.2, 0.25) is 0 Å². The molecule has 0 saturated heterocycles. The Bertz CT molecular complexity index is 448. The Morgan fingerprint density at radius 2 is 2.25 bits per heavy atom. The first-order valence-electron chi connectivity index (χ1n) is 5.08. The quantitative estimate of drug-likeness (QED) is 0.831. The third-order valence-electron chi connectivity index (χ3n) is 2.50. The fraction of sp³-hybridized carbons (Fsp3) is 0.250. The first-order valence-corrected chi connectivity index (χ1v) is 5.08. The van der Waals surface area contributed by atoms with E-state index in [1.165, 1.54) is 12.1 Å². The van der Waals surface area contributed by atoms with Gasteiger partial charge in [0.25, 0.3) is 0 Å². The molecule has 2 aromatic rings. The molecule has 3 nitrogen and oxygen atoms in total. The number of nitrogens with zero attached hydrogens (tertiary/aromatic N) is 1. The van der Waals surface area contributed by atoms with Crippen LogP contribution in [-0.2, 0) is 0 Å². The standard InChI is InChI=1S/C12H13FN2O/c1-8-4-9(6-10(13)5-8)11(7-16)12-14-2-3-15-12/h2-6,11,16H,7H2,1H3,(H,14,15). The van der Waals surface area contributed by atoms with Gasteiger partial charge < -0.3 is 10.1 Å². The van der Waals surface area contributed by atoms with Gasteiger partial charge in [0.15, 0.2) is 0 Å². The molecule has 1 aromatic heterocycles. The number of aromatic nitrogens is 2. The molecule has 0 aliphatic carbocycles. The highest BCUT2D eigenvalue weighted by atomic mass is 19.1. The van der Waals surface area contributed by atoms with Crippen molar-refractivity contribution in [2.24, 2.45) is 0 Å². The van der Waals surface area contributed by atoms with Crippen molar-refractivity contribution in [3.63, 3.8) is 0 Å². The molecule has 0 fully saturated rings. The van der Waals surface area contributed by atoms with Crippen LogP contribution in [0.15, 0.2) is 30.6 Å². The molecule has 2 N–H and O–H groups in total. The van der Waals surface area contributed by atoms with E-state index in [1.807, 2.05) is 13.0 Å². The van der Waals surface area contributed by atoms with Gasteiger partial charge in [-0.05, 0) is 30.2 Å². The molecular formula is C12H13FN2O. The fourth-order valence-corrected chi connectivity index (χ4v) is 1.78. The number of aryl methyl sites for hydroxylation is 1. The topological polar surface area (TPSA) is 48.9 Å². The highest BCUT2D eigenvalue weighted by molar-refractivity contribution is 5.30. The summed E-state index contributed by atoms with van der Waals surface area (Å²) in [6.07, 6.45) is 3.30. The Hall–Kier alpha value is -1.68. The molecule has 1 aromatic carbocycles. The summed E-state index contributed by atoms with van der Waals surface area (Å²) in [5.74, 6) is 0.0527. The van der Waals surface area contributed by atoms with E-state index in [2.05, 4.69) is 9.97 Å². The van der Waals surface area contributed by atoms with Gasteiger partial charge in [0.1, 0.15) is 11.6 Å². The van der Waals surface area contributed by atoms with Gasteiger partial charge in [-0.2, -0.15) is 0 Å². The molecule has 4 heteroatoms. The summed E-state index contributed by atoms with van der Waals surface area (Å²) < 4.78 is 13.3. The summed E-state index contributed by atoms with van der Waals surface area (Å²) >= 11 is 0. The smallest absolute Gasteiger partial charge is 0.123 e. The molecule has 0 aliphatic rings. The van der Waals surface area contributed by atoms with Crippen LogP contribution in [0.3, 0.4) is 0 Å². The minimum atomic E-state index is -0.301. The SMILES string of the molecule is Cc1cc(F)cc(C(CO)c2ncc[nH]2)c1. The van der Waals surface area contributed by atoms with Crippen LogP contribution >= 0.6 is 0 Å². The van der Waals surface area contributed by atoms with Gasteiger partial charge in [0, 0.05) is 12.4 Å². The number of hydrogen-bond acceptors (Lipinski definition) is 2. The molecular weight excluding hydrogens is 207 g/mol. The molecule has 1 atom stereocenters. The van der Waals surface area contributed by atoms with Crippen molar-refractivity contribution in [3.8, 4) is 0 Å². The minimum Gasteiger partial charge on any atom is -0.395 e. The Balaban J connectivity index is 2.41. The highest BCUT2D eigenvalue weighted by Crippen LogP contribution is 2.23. The van der Waals surface area contributed by atoms with E-state index >= 15 is 0 Å². The molecule has 0 spiro atoms. The van der Waals surface area contributed by atoms with Gasteiger partial charge in [-0.3, -0.25) is 0 Å². The predicted molar refractivity (Wildman–Crippen MR) is 58.7 cm³/mol. The van der Waals surface area contributed by atoms with Crippen molar-refractivity contribution in [1.29, 1.82) is 0 Å². The second kappa shape index (κ2) is 4.45. The molecule has 1 unspecified atom stereocenters. The van der Waals surface area contributed by atoms with Gasteiger partial charge in [-0.25, -0.2) is 9.37 Å². The number of hydrogen-bond donors (Lipinski definition) is 2. The van der Waals surface area contributed by atoms with Crippen LogP contribution in [-0.4, -0.2) is 21.7 Å². The number of rotatable bonds is 3. The third kappa shape index (κ3) is 2.12. The zero-order valence-electron chi connectivity index (χ0n) is 8.94. The molecule has 0 saturated carbocycles. The summed E-state index contributed by atoms with van der Waals surface area (Å²) in [5.41, 5.74) is 1.56. The van der Waals surface area contributed by atoms with Gasteiger partial charge in [-0.1, -0.05) is 6.07 Å². The zero-order chi connectivity index (χ0) is 11.5. The first kappa shape index (κ1) is 10.8. The van der Waals surface area contributed by atoms with Gasteiger partial charge in [0.05, 0.1) is 12.5 Å². The molecule has 0 bridgehead atoms. The number of imidazole rings is 1. The van der Waals surface area contributed by atoms with Crippen molar-refractivity contribution in [3.05, 3.63) is 53.4 Å². The zero-order valence-corrected chi connectivity index (χ0v) is 8.94. The summed E-state index contributed by atoms with van der Waals surface area (Å²) in [6.45, 7) is 1.72. The molecule has 0 amide bonds. The normalized spacial score (nSPS) is 12.7. The van der Waals surface area contributed by atoms with Crippen LogP contribution < -0.4 is 0 Å². The van der Waals surface area contributed by atoms with E-state index in [1.54, 1.807) is 12.4 Å². The van der Waals surface area contributed by atoms with E-state index in [-0.39, 0.29) is 18.3 Å². The van der Waals surface area contributed by atoms with Gasteiger partial charge in [-0.15, -0.1) is 0 Å². The molecule has 0 aliphatic heterocycles. The molecule has 84 valence electrons. The van der Waals surface area contributed by atoms with Crippen molar-refractivity contribution >= 4 is 0 Å². The van der Waals surface area contributed by atoms with E-state index in [0.717, 1.165) is 11.1 Å². The summed E-state index contributed by atoms with van der Waals surface area (Å²) in [4.78, 5) is 7.02. The summed E-state index contributed by atoms with van der Waals surface area (Å²) in [6, 6.07) is 4.74. The lowest BCUT2D eigenvalue weighted by molar-refractivity contribution is 0.277. The average Bonchev–Trinajstić information content (AvgIpc) is 2.70. The largest absolute Gasteiger partial charge is 0.395 e. The fourth-order valence-electron chi connectivity index (χ4n) is 1.78. The first-order chi connectivity index (χ1) is 7.70. The third-order valence-corrected chi connectivity index (χ3v) is 2.50. The van der Waals surface area contributed by atoms with Crippen molar-refractivity contribution in [2.45, 2.75) is 12.8 Å². The molecule has 1 heterocycles. The van der Waals surface area contributed by atoms with Gasteiger partial charge >= 0.3 is 0 Å². The van der Waals surface area contributed by atoms with Crippen LogP contribution in [0.5, 0.6) is 0 Å². The van der Waals surface area contributed by atoms with Crippen LogP contribution in [0.4, 0.5) is 4.39 Å².